The quantitative estimate of drug-likeness (QED) is 0.770. The predicted molar refractivity (Wildman–Crippen MR) is 93.0 cm³/mol. The normalized spacial score (nSPS) is 27.6. The van der Waals surface area contributed by atoms with E-state index in [0.29, 0.717) is 0 Å². The zero-order valence-electron chi connectivity index (χ0n) is 14.5. The molecular weight excluding hydrogens is 276 g/mol. The van der Waals surface area contributed by atoms with Gasteiger partial charge in [-0.1, -0.05) is 53.9 Å². The summed E-state index contributed by atoms with van der Waals surface area (Å²) in [6, 6.07) is 0. The van der Waals surface area contributed by atoms with E-state index in [4.69, 9.17) is 4.98 Å². The zero-order chi connectivity index (χ0) is 15.5. The van der Waals surface area contributed by atoms with Gasteiger partial charge in [0.1, 0.15) is 5.01 Å². The molecule has 1 fully saturated rings. The smallest absolute Gasteiger partial charge is 0.113 e. The number of nitrogens with zero attached hydrogens (tertiary/aromatic N) is 1. The second-order valence-corrected chi connectivity index (χ2v) is 8.46. The molecule has 0 amide bonds. The standard InChI is InChI=1S/C18H32N2S/c1-6-14-9-8-11-18(12-10-14,19-7-2)16-20-15(13-21-16)17(3,4)5/h13-14,19H,6-12H2,1-5H3. The Morgan fingerprint density at radius 1 is 1.29 bits per heavy atom. The van der Waals surface area contributed by atoms with Gasteiger partial charge in [-0.15, -0.1) is 11.3 Å². The maximum absolute atomic E-state index is 5.04. The van der Waals surface area contributed by atoms with Crippen LogP contribution in [0.3, 0.4) is 0 Å². The highest BCUT2D eigenvalue weighted by atomic mass is 32.1. The minimum atomic E-state index is 0.132. The molecule has 0 spiro atoms. The van der Waals surface area contributed by atoms with Gasteiger partial charge < -0.3 is 5.32 Å². The molecule has 1 aromatic heterocycles. The van der Waals surface area contributed by atoms with Crippen molar-refractivity contribution in [2.45, 2.75) is 84.1 Å². The molecule has 120 valence electrons. The van der Waals surface area contributed by atoms with Crippen molar-refractivity contribution in [1.29, 1.82) is 0 Å². The van der Waals surface area contributed by atoms with Crippen molar-refractivity contribution in [3.63, 3.8) is 0 Å². The molecule has 1 aliphatic rings. The largest absolute Gasteiger partial charge is 0.306 e. The van der Waals surface area contributed by atoms with Gasteiger partial charge in [0.25, 0.3) is 0 Å². The van der Waals surface area contributed by atoms with Gasteiger partial charge in [0.05, 0.1) is 11.2 Å². The molecule has 2 nitrogen and oxygen atoms in total. The number of rotatable bonds is 4. The first-order valence-corrected chi connectivity index (χ1v) is 9.50. The van der Waals surface area contributed by atoms with E-state index in [0.717, 1.165) is 12.5 Å². The highest BCUT2D eigenvalue weighted by Gasteiger charge is 2.37. The highest BCUT2D eigenvalue weighted by Crippen LogP contribution is 2.41. The third-order valence-electron chi connectivity index (χ3n) is 4.97. The Morgan fingerprint density at radius 2 is 2.05 bits per heavy atom. The van der Waals surface area contributed by atoms with Crippen molar-refractivity contribution >= 4 is 11.3 Å². The molecule has 1 N–H and O–H groups in total. The molecule has 0 radical (unpaired) electrons. The van der Waals surface area contributed by atoms with Gasteiger partial charge in [0, 0.05) is 10.8 Å². The summed E-state index contributed by atoms with van der Waals surface area (Å²) in [6.45, 7) is 12.4. The van der Waals surface area contributed by atoms with E-state index in [1.807, 2.05) is 11.3 Å². The van der Waals surface area contributed by atoms with Crippen molar-refractivity contribution in [2.75, 3.05) is 6.54 Å². The number of nitrogens with one attached hydrogen (secondary N) is 1. The number of hydrogen-bond donors (Lipinski definition) is 1. The molecule has 2 rings (SSSR count). The van der Waals surface area contributed by atoms with Crippen molar-refractivity contribution in [3.8, 4) is 0 Å². The fraction of sp³-hybridized carbons (Fsp3) is 0.833. The van der Waals surface area contributed by atoms with E-state index >= 15 is 0 Å². The fourth-order valence-corrected chi connectivity index (χ4v) is 4.75. The van der Waals surface area contributed by atoms with Crippen LogP contribution in [0.4, 0.5) is 0 Å². The van der Waals surface area contributed by atoms with Crippen LogP contribution in [0.5, 0.6) is 0 Å². The maximum Gasteiger partial charge on any atom is 0.113 e. The molecule has 0 aromatic carbocycles. The summed E-state index contributed by atoms with van der Waals surface area (Å²) in [7, 11) is 0. The van der Waals surface area contributed by atoms with Gasteiger partial charge in [0.15, 0.2) is 0 Å². The van der Waals surface area contributed by atoms with Crippen LogP contribution < -0.4 is 5.32 Å². The van der Waals surface area contributed by atoms with E-state index in [2.05, 4.69) is 45.3 Å². The molecule has 3 heteroatoms. The molecule has 1 saturated carbocycles. The Hall–Kier alpha value is -0.410. The molecule has 1 aliphatic carbocycles. The number of aromatic nitrogens is 1. The topological polar surface area (TPSA) is 24.9 Å². The van der Waals surface area contributed by atoms with Crippen LogP contribution in [-0.4, -0.2) is 11.5 Å². The van der Waals surface area contributed by atoms with Crippen LogP contribution in [0.25, 0.3) is 0 Å². The Bertz CT molecular complexity index is 446. The van der Waals surface area contributed by atoms with Gasteiger partial charge in [-0.2, -0.15) is 0 Å². The van der Waals surface area contributed by atoms with Crippen LogP contribution in [0.15, 0.2) is 5.38 Å². The molecule has 21 heavy (non-hydrogen) atoms. The summed E-state index contributed by atoms with van der Waals surface area (Å²) >= 11 is 1.87. The average Bonchev–Trinajstić information content (AvgIpc) is 2.84. The van der Waals surface area contributed by atoms with Crippen molar-refractivity contribution in [2.24, 2.45) is 5.92 Å². The highest BCUT2D eigenvalue weighted by molar-refractivity contribution is 7.09. The number of thiazole rings is 1. The summed E-state index contributed by atoms with van der Waals surface area (Å²) in [6.07, 6.45) is 7.88. The summed E-state index contributed by atoms with van der Waals surface area (Å²) in [5.74, 6) is 0.910. The lowest BCUT2D eigenvalue weighted by Gasteiger charge is -2.32. The molecule has 2 unspecified atom stereocenters. The van der Waals surface area contributed by atoms with E-state index in [9.17, 15) is 0 Å². The molecule has 0 bridgehead atoms. The van der Waals surface area contributed by atoms with E-state index in [1.54, 1.807) is 0 Å². The lowest BCUT2D eigenvalue weighted by atomic mass is 9.89. The van der Waals surface area contributed by atoms with Crippen molar-refractivity contribution < 1.29 is 0 Å². The van der Waals surface area contributed by atoms with Gasteiger partial charge >= 0.3 is 0 Å². The summed E-state index contributed by atoms with van der Waals surface area (Å²) < 4.78 is 0. The predicted octanol–water partition coefficient (Wildman–Crippen LogP) is 5.24. The van der Waals surface area contributed by atoms with E-state index < -0.39 is 0 Å². The summed E-state index contributed by atoms with van der Waals surface area (Å²) in [4.78, 5) is 5.04. The van der Waals surface area contributed by atoms with Crippen LogP contribution in [0.2, 0.25) is 0 Å². The average molecular weight is 309 g/mol. The minimum absolute atomic E-state index is 0.132. The summed E-state index contributed by atoms with van der Waals surface area (Å²) in [5, 5.41) is 7.41. The first-order chi connectivity index (χ1) is 9.91. The second-order valence-electron chi connectivity index (χ2n) is 7.61. The van der Waals surface area contributed by atoms with Gasteiger partial charge in [0.2, 0.25) is 0 Å². The molecule has 2 atom stereocenters. The molecular formula is C18H32N2S. The van der Waals surface area contributed by atoms with Crippen LogP contribution in [0, 0.1) is 5.92 Å². The lowest BCUT2D eigenvalue weighted by Crippen LogP contribution is -2.42. The Kier molecular flexibility index (Phi) is 5.48. The van der Waals surface area contributed by atoms with Crippen LogP contribution in [0.1, 0.15) is 83.8 Å². The second kappa shape index (κ2) is 6.78. The first kappa shape index (κ1) is 17.0. The fourth-order valence-electron chi connectivity index (χ4n) is 3.46. The molecule has 1 heterocycles. The Balaban J connectivity index is 2.27. The van der Waals surface area contributed by atoms with Gasteiger partial charge in [-0.25, -0.2) is 4.98 Å². The molecule has 0 saturated heterocycles. The maximum atomic E-state index is 5.04. The van der Waals surface area contributed by atoms with E-state index in [1.165, 1.54) is 49.2 Å². The van der Waals surface area contributed by atoms with Crippen LogP contribution >= 0.6 is 11.3 Å². The Morgan fingerprint density at radius 3 is 2.62 bits per heavy atom. The SMILES string of the molecule is CCNC1(c2nc(C(C)(C)C)cs2)CCCC(CC)CC1. The van der Waals surface area contributed by atoms with Crippen molar-refractivity contribution in [1.82, 2.24) is 10.3 Å². The molecule has 1 aromatic rings. The number of hydrogen-bond acceptors (Lipinski definition) is 3. The Labute approximate surface area is 134 Å². The molecule has 0 aliphatic heterocycles. The zero-order valence-corrected chi connectivity index (χ0v) is 15.3. The van der Waals surface area contributed by atoms with Gasteiger partial charge in [-0.05, 0) is 31.7 Å². The first-order valence-electron chi connectivity index (χ1n) is 8.63. The third kappa shape index (κ3) is 3.87. The summed E-state index contributed by atoms with van der Waals surface area (Å²) in [5.41, 5.74) is 1.53. The van der Waals surface area contributed by atoms with Crippen molar-refractivity contribution in [3.05, 3.63) is 16.1 Å². The minimum Gasteiger partial charge on any atom is -0.306 e. The van der Waals surface area contributed by atoms with E-state index in [-0.39, 0.29) is 11.0 Å². The third-order valence-corrected chi connectivity index (χ3v) is 6.02. The monoisotopic (exact) mass is 308 g/mol. The lowest BCUT2D eigenvalue weighted by molar-refractivity contribution is 0.289. The van der Waals surface area contributed by atoms with Gasteiger partial charge in [-0.3, -0.25) is 0 Å². The van der Waals surface area contributed by atoms with Crippen LogP contribution in [-0.2, 0) is 11.0 Å².